The highest BCUT2D eigenvalue weighted by Crippen LogP contribution is 2.48. The molecule has 0 radical (unpaired) electrons. The van der Waals surface area contributed by atoms with E-state index < -0.39 is 29.7 Å². The third kappa shape index (κ3) is 4.57. The van der Waals surface area contributed by atoms with Crippen LogP contribution in [0.5, 0.6) is 5.75 Å². The van der Waals surface area contributed by atoms with Crippen molar-refractivity contribution in [2.24, 2.45) is 0 Å². The summed E-state index contributed by atoms with van der Waals surface area (Å²) in [6, 6.07) is 16.8. The predicted molar refractivity (Wildman–Crippen MR) is 130 cm³/mol. The van der Waals surface area contributed by atoms with Crippen LogP contribution in [0.25, 0.3) is 0 Å². The summed E-state index contributed by atoms with van der Waals surface area (Å²) in [6.45, 7) is 0. The zero-order valence-corrected chi connectivity index (χ0v) is 19.7. The number of hydrogen-bond donors (Lipinski definition) is 1. The first-order valence-corrected chi connectivity index (χ1v) is 11.6. The first kappa shape index (κ1) is 24.5. The van der Waals surface area contributed by atoms with E-state index in [1.54, 1.807) is 18.2 Å². The van der Waals surface area contributed by atoms with Crippen LogP contribution in [-0.2, 0) is 9.59 Å². The highest BCUT2D eigenvalue weighted by Gasteiger charge is 2.50. The number of benzene rings is 3. The molecule has 2 atom stereocenters. The lowest BCUT2D eigenvalue weighted by Gasteiger charge is -2.35. The van der Waals surface area contributed by atoms with Crippen molar-refractivity contribution in [3.63, 3.8) is 0 Å². The minimum atomic E-state index is -5.21. The SMILES string of the molecule is COc1cccc(C2CC(=O)C3=C(C2)Nc2ccccc2N(C(=O)C(F)(F)F)C3c2ccc(F)cc2)c1. The number of nitrogens with zero attached hydrogens (tertiary/aromatic N) is 1. The lowest BCUT2D eigenvalue weighted by Crippen LogP contribution is -2.45. The summed E-state index contributed by atoms with van der Waals surface area (Å²) >= 11 is 0. The van der Waals surface area contributed by atoms with E-state index in [0.29, 0.717) is 22.8 Å². The van der Waals surface area contributed by atoms with E-state index in [9.17, 15) is 27.2 Å². The topological polar surface area (TPSA) is 58.6 Å². The molecule has 1 aliphatic heterocycles. The number of hydrogen-bond acceptors (Lipinski definition) is 4. The average Bonchev–Trinajstić information content (AvgIpc) is 3.02. The molecule has 0 fully saturated rings. The van der Waals surface area contributed by atoms with E-state index in [-0.39, 0.29) is 34.9 Å². The molecule has 0 aromatic heterocycles. The van der Waals surface area contributed by atoms with Crippen molar-refractivity contribution >= 4 is 23.1 Å². The average molecular weight is 510 g/mol. The van der Waals surface area contributed by atoms with E-state index in [1.807, 2.05) is 18.2 Å². The number of rotatable bonds is 3. The van der Waals surface area contributed by atoms with Crippen LogP contribution >= 0.6 is 0 Å². The first-order chi connectivity index (χ1) is 17.7. The molecule has 3 aromatic carbocycles. The summed E-state index contributed by atoms with van der Waals surface area (Å²) in [4.78, 5) is 27.2. The molecule has 1 aliphatic carbocycles. The molecule has 1 amide bonds. The van der Waals surface area contributed by atoms with Crippen LogP contribution in [0.4, 0.5) is 28.9 Å². The number of alkyl halides is 3. The fourth-order valence-corrected chi connectivity index (χ4v) is 5.04. The van der Waals surface area contributed by atoms with Crippen LogP contribution in [0.2, 0.25) is 0 Å². The van der Waals surface area contributed by atoms with Crippen LogP contribution in [-0.4, -0.2) is 25.0 Å². The predicted octanol–water partition coefficient (Wildman–Crippen LogP) is 6.30. The highest BCUT2D eigenvalue weighted by atomic mass is 19.4. The maximum Gasteiger partial charge on any atom is 0.471 e. The Bertz CT molecular complexity index is 1400. The van der Waals surface area contributed by atoms with Gasteiger partial charge in [-0.3, -0.25) is 14.5 Å². The van der Waals surface area contributed by atoms with Gasteiger partial charge in [-0.15, -0.1) is 0 Å². The summed E-state index contributed by atoms with van der Waals surface area (Å²) in [5, 5.41) is 3.16. The summed E-state index contributed by atoms with van der Waals surface area (Å²) in [5.74, 6) is -2.75. The number of halogens is 4. The summed E-state index contributed by atoms with van der Waals surface area (Å²) in [7, 11) is 1.54. The lowest BCUT2D eigenvalue weighted by atomic mass is 9.78. The Hall–Kier alpha value is -4.14. The maximum absolute atomic E-state index is 13.9. The quantitative estimate of drug-likeness (QED) is 0.421. The molecule has 0 bridgehead atoms. The number of ketones is 1. The van der Waals surface area contributed by atoms with Gasteiger partial charge in [0.05, 0.1) is 24.5 Å². The lowest BCUT2D eigenvalue weighted by molar-refractivity contribution is -0.170. The molecule has 9 heteroatoms. The number of allylic oxidation sites excluding steroid dienone is 1. The number of anilines is 2. The van der Waals surface area contributed by atoms with Gasteiger partial charge in [-0.25, -0.2) is 4.39 Å². The molecule has 37 heavy (non-hydrogen) atoms. The molecule has 190 valence electrons. The van der Waals surface area contributed by atoms with Crippen LogP contribution in [0.15, 0.2) is 84.1 Å². The Morgan fingerprint density at radius 3 is 2.41 bits per heavy atom. The minimum Gasteiger partial charge on any atom is -0.497 e. The van der Waals surface area contributed by atoms with Crippen LogP contribution in [0, 0.1) is 5.82 Å². The monoisotopic (exact) mass is 510 g/mol. The molecule has 0 saturated heterocycles. The van der Waals surface area contributed by atoms with Crippen LogP contribution < -0.4 is 15.0 Å². The summed E-state index contributed by atoms with van der Waals surface area (Å²) in [6.07, 6.45) is -4.87. The van der Waals surface area contributed by atoms with E-state index in [0.717, 1.165) is 17.7 Å². The molecule has 3 aromatic rings. The summed E-state index contributed by atoms with van der Waals surface area (Å²) in [5.41, 5.74) is 1.75. The molecule has 0 saturated carbocycles. The van der Waals surface area contributed by atoms with Crippen molar-refractivity contribution in [1.82, 2.24) is 0 Å². The molecular weight excluding hydrogens is 488 g/mol. The number of nitrogens with one attached hydrogen (secondary N) is 1. The Balaban J connectivity index is 1.71. The fraction of sp³-hybridized carbons (Fsp3) is 0.214. The standard InChI is InChI=1S/C28H22F4N2O3/c1-37-20-6-4-5-17(13-20)18-14-22-25(24(35)15-18)26(16-9-11-19(29)12-10-16)34(27(36)28(30,31)32)23-8-3-2-7-21(23)33-22/h2-13,18,26,33H,14-15H2,1H3. The second kappa shape index (κ2) is 9.38. The van der Waals surface area contributed by atoms with Gasteiger partial charge in [0.2, 0.25) is 0 Å². The van der Waals surface area contributed by atoms with Crippen LogP contribution in [0.1, 0.15) is 35.9 Å². The number of Topliss-reactive ketones (excluding diaryl/α,β-unsaturated/α-hetero) is 1. The Morgan fingerprint density at radius 1 is 0.973 bits per heavy atom. The molecule has 1 heterocycles. The number of amides is 1. The van der Waals surface area contributed by atoms with Crippen molar-refractivity contribution in [3.05, 3.63) is 101 Å². The molecule has 2 unspecified atom stereocenters. The zero-order valence-electron chi connectivity index (χ0n) is 19.7. The first-order valence-electron chi connectivity index (χ1n) is 11.6. The minimum absolute atomic E-state index is 0.0236. The van der Waals surface area contributed by atoms with E-state index in [2.05, 4.69) is 5.32 Å². The molecule has 5 nitrogen and oxygen atoms in total. The number of para-hydroxylation sites is 2. The molecule has 5 rings (SSSR count). The van der Waals surface area contributed by atoms with Gasteiger partial charge in [-0.05, 0) is 59.9 Å². The zero-order chi connectivity index (χ0) is 26.3. The maximum atomic E-state index is 13.9. The van der Waals surface area contributed by atoms with Crippen molar-refractivity contribution in [1.29, 1.82) is 0 Å². The van der Waals surface area contributed by atoms with E-state index in [1.165, 1.54) is 31.4 Å². The molecular formula is C28H22F4N2O3. The number of methoxy groups -OCH3 is 1. The van der Waals surface area contributed by atoms with Gasteiger partial charge in [-0.2, -0.15) is 13.2 Å². The van der Waals surface area contributed by atoms with Gasteiger partial charge in [-0.1, -0.05) is 36.4 Å². The summed E-state index contributed by atoms with van der Waals surface area (Å²) < 4.78 is 60.8. The van der Waals surface area contributed by atoms with E-state index >= 15 is 0 Å². The van der Waals surface area contributed by atoms with Crippen molar-refractivity contribution < 1.29 is 31.9 Å². The van der Waals surface area contributed by atoms with E-state index in [4.69, 9.17) is 4.74 Å². The van der Waals surface area contributed by atoms with Gasteiger partial charge in [0.25, 0.3) is 0 Å². The number of carbonyl (C=O) groups excluding carboxylic acids is 2. The van der Waals surface area contributed by atoms with Crippen molar-refractivity contribution in [2.75, 3.05) is 17.3 Å². The second-order valence-electron chi connectivity index (χ2n) is 8.97. The van der Waals surface area contributed by atoms with Gasteiger partial charge < -0.3 is 10.1 Å². The van der Waals surface area contributed by atoms with Gasteiger partial charge >= 0.3 is 12.1 Å². The molecule has 1 N–H and O–H groups in total. The Labute approximate surface area is 210 Å². The van der Waals surface area contributed by atoms with Crippen LogP contribution in [0.3, 0.4) is 0 Å². The van der Waals surface area contributed by atoms with Crippen molar-refractivity contribution in [2.45, 2.75) is 31.0 Å². The molecule has 0 spiro atoms. The number of fused-ring (bicyclic) bond motifs is 1. The fourth-order valence-electron chi connectivity index (χ4n) is 5.04. The number of carbonyl (C=O) groups is 2. The Kier molecular flexibility index (Phi) is 6.23. The smallest absolute Gasteiger partial charge is 0.471 e. The van der Waals surface area contributed by atoms with Gasteiger partial charge in [0, 0.05) is 17.7 Å². The van der Waals surface area contributed by atoms with Gasteiger partial charge in [0.1, 0.15) is 11.6 Å². The normalized spacial score (nSPS) is 19.5. The second-order valence-corrected chi connectivity index (χ2v) is 8.97. The molecule has 2 aliphatic rings. The largest absolute Gasteiger partial charge is 0.497 e. The highest BCUT2D eigenvalue weighted by molar-refractivity contribution is 6.07. The third-order valence-electron chi connectivity index (χ3n) is 6.70. The third-order valence-corrected chi connectivity index (χ3v) is 6.70. The van der Waals surface area contributed by atoms with Crippen molar-refractivity contribution in [3.8, 4) is 5.75 Å². The van der Waals surface area contributed by atoms with Gasteiger partial charge in [0.15, 0.2) is 5.78 Å². The Morgan fingerprint density at radius 2 is 1.70 bits per heavy atom. The number of ether oxygens (including phenoxy) is 1.